The van der Waals surface area contributed by atoms with E-state index in [0.717, 1.165) is 16.6 Å². The fourth-order valence-corrected chi connectivity index (χ4v) is 3.26. The minimum absolute atomic E-state index is 0.284. The Hall–Kier alpha value is -0.670. The topological polar surface area (TPSA) is 12.9 Å². The number of hydrogen-bond donors (Lipinski definition) is 0. The SMILES string of the molecule is Cc1ccc(Br)c(C(Br)Cc2ccccn2)c1. The number of rotatable bonds is 3. The van der Waals surface area contributed by atoms with Crippen LogP contribution in [0.3, 0.4) is 0 Å². The summed E-state index contributed by atoms with van der Waals surface area (Å²) in [5.41, 5.74) is 3.65. The van der Waals surface area contributed by atoms with Crippen molar-refractivity contribution >= 4 is 31.9 Å². The summed E-state index contributed by atoms with van der Waals surface area (Å²) in [7, 11) is 0. The van der Waals surface area contributed by atoms with Gasteiger partial charge >= 0.3 is 0 Å². The van der Waals surface area contributed by atoms with Crippen LogP contribution in [-0.4, -0.2) is 4.98 Å². The lowest BCUT2D eigenvalue weighted by atomic mass is 10.1. The van der Waals surface area contributed by atoms with Gasteiger partial charge in [-0.25, -0.2) is 0 Å². The maximum Gasteiger partial charge on any atom is 0.0461 e. The molecule has 1 aromatic carbocycles. The third kappa shape index (κ3) is 3.39. The molecule has 2 aromatic rings. The molecule has 0 amide bonds. The lowest BCUT2D eigenvalue weighted by molar-refractivity contribution is 0.899. The highest BCUT2D eigenvalue weighted by atomic mass is 79.9. The predicted octanol–water partition coefficient (Wildman–Crippen LogP) is 4.83. The smallest absolute Gasteiger partial charge is 0.0461 e. The monoisotopic (exact) mass is 353 g/mol. The molecular weight excluding hydrogens is 342 g/mol. The molecule has 1 nitrogen and oxygen atoms in total. The summed E-state index contributed by atoms with van der Waals surface area (Å²) in [5.74, 6) is 0. The fraction of sp³-hybridized carbons (Fsp3) is 0.214. The van der Waals surface area contributed by atoms with E-state index in [0.29, 0.717) is 0 Å². The minimum Gasteiger partial charge on any atom is -0.261 e. The first-order valence-corrected chi connectivity index (χ1v) is 7.17. The molecule has 1 aromatic heterocycles. The van der Waals surface area contributed by atoms with Crippen molar-refractivity contribution in [1.29, 1.82) is 0 Å². The van der Waals surface area contributed by atoms with Crippen molar-refractivity contribution in [2.45, 2.75) is 18.2 Å². The molecule has 0 saturated heterocycles. The summed E-state index contributed by atoms with van der Waals surface area (Å²) < 4.78 is 1.14. The maximum absolute atomic E-state index is 4.35. The normalized spacial score (nSPS) is 12.4. The van der Waals surface area contributed by atoms with E-state index < -0.39 is 0 Å². The van der Waals surface area contributed by atoms with Gasteiger partial charge in [-0.05, 0) is 30.7 Å². The molecule has 0 saturated carbocycles. The maximum atomic E-state index is 4.35. The lowest BCUT2D eigenvalue weighted by Crippen LogP contribution is -1.98. The van der Waals surface area contributed by atoms with Gasteiger partial charge in [0.15, 0.2) is 0 Å². The number of aromatic nitrogens is 1. The number of hydrogen-bond acceptors (Lipinski definition) is 1. The second kappa shape index (κ2) is 5.78. The molecule has 0 bridgehead atoms. The number of nitrogens with zero attached hydrogens (tertiary/aromatic N) is 1. The molecule has 0 aliphatic carbocycles. The average Bonchev–Trinajstić information content (AvgIpc) is 2.33. The van der Waals surface area contributed by atoms with Gasteiger partial charge in [0.2, 0.25) is 0 Å². The number of aryl methyl sites for hydroxylation is 1. The summed E-state index contributed by atoms with van der Waals surface area (Å²) in [4.78, 5) is 4.63. The molecule has 3 heteroatoms. The van der Waals surface area contributed by atoms with Gasteiger partial charge in [-0.1, -0.05) is 55.6 Å². The van der Waals surface area contributed by atoms with Crippen molar-refractivity contribution in [2.24, 2.45) is 0 Å². The Morgan fingerprint density at radius 3 is 2.76 bits per heavy atom. The Balaban J connectivity index is 2.20. The van der Waals surface area contributed by atoms with Gasteiger partial charge in [0.05, 0.1) is 0 Å². The van der Waals surface area contributed by atoms with Crippen LogP contribution >= 0.6 is 31.9 Å². The van der Waals surface area contributed by atoms with Gasteiger partial charge < -0.3 is 0 Å². The van der Waals surface area contributed by atoms with Crippen molar-refractivity contribution in [3.05, 3.63) is 63.9 Å². The van der Waals surface area contributed by atoms with E-state index >= 15 is 0 Å². The van der Waals surface area contributed by atoms with Crippen LogP contribution in [0.25, 0.3) is 0 Å². The van der Waals surface area contributed by atoms with Crippen molar-refractivity contribution < 1.29 is 0 Å². The molecule has 1 unspecified atom stereocenters. The van der Waals surface area contributed by atoms with E-state index in [-0.39, 0.29) is 4.83 Å². The van der Waals surface area contributed by atoms with Gasteiger partial charge in [0, 0.05) is 27.6 Å². The summed E-state index contributed by atoms with van der Waals surface area (Å²) in [6, 6.07) is 12.4. The van der Waals surface area contributed by atoms with Crippen LogP contribution in [0.2, 0.25) is 0 Å². The second-order valence-corrected chi connectivity index (χ2v) is 5.98. The number of halogens is 2. The number of pyridine rings is 1. The Bertz CT molecular complexity index is 497. The van der Waals surface area contributed by atoms with Crippen LogP contribution in [0.4, 0.5) is 0 Å². The van der Waals surface area contributed by atoms with Crippen molar-refractivity contribution in [1.82, 2.24) is 4.98 Å². The third-order valence-corrected chi connectivity index (χ3v) is 4.14. The molecule has 0 radical (unpaired) electrons. The Morgan fingerprint density at radius 1 is 1.24 bits per heavy atom. The Kier molecular flexibility index (Phi) is 4.35. The highest BCUT2D eigenvalue weighted by molar-refractivity contribution is 9.11. The van der Waals surface area contributed by atoms with E-state index in [4.69, 9.17) is 0 Å². The largest absolute Gasteiger partial charge is 0.261 e. The number of benzene rings is 1. The molecule has 2 rings (SSSR count). The van der Waals surface area contributed by atoms with Crippen LogP contribution in [0.15, 0.2) is 47.1 Å². The van der Waals surface area contributed by atoms with E-state index in [2.05, 4.69) is 68.0 Å². The second-order valence-electron chi connectivity index (χ2n) is 4.02. The summed E-state index contributed by atoms with van der Waals surface area (Å²) in [6.45, 7) is 2.11. The molecule has 88 valence electrons. The first kappa shape index (κ1) is 12.8. The van der Waals surface area contributed by atoms with Gasteiger partial charge in [-0.2, -0.15) is 0 Å². The average molecular weight is 355 g/mol. The zero-order valence-electron chi connectivity index (χ0n) is 9.53. The van der Waals surface area contributed by atoms with Crippen LogP contribution in [-0.2, 0) is 6.42 Å². The zero-order chi connectivity index (χ0) is 12.3. The molecule has 1 atom stereocenters. The molecule has 1 heterocycles. The van der Waals surface area contributed by atoms with Crippen LogP contribution in [0.5, 0.6) is 0 Å². The van der Waals surface area contributed by atoms with E-state index in [1.165, 1.54) is 11.1 Å². The summed E-state index contributed by atoms with van der Waals surface area (Å²) in [6.07, 6.45) is 2.73. The van der Waals surface area contributed by atoms with Crippen molar-refractivity contribution in [3.8, 4) is 0 Å². The van der Waals surface area contributed by atoms with Gasteiger partial charge in [0.25, 0.3) is 0 Å². The lowest BCUT2D eigenvalue weighted by Gasteiger charge is -2.12. The first-order chi connectivity index (χ1) is 8.16. The highest BCUT2D eigenvalue weighted by Crippen LogP contribution is 2.32. The summed E-state index contributed by atoms with van der Waals surface area (Å²) >= 11 is 7.33. The van der Waals surface area contributed by atoms with Crippen molar-refractivity contribution in [3.63, 3.8) is 0 Å². The first-order valence-electron chi connectivity index (χ1n) is 5.47. The van der Waals surface area contributed by atoms with E-state index in [1.807, 2.05) is 18.3 Å². The molecule has 0 aliphatic rings. The zero-order valence-corrected chi connectivity index (χ0v) is 12.7. The van der Waals surface area contributed by atoms with Crippen LogP contribution in [0.1, 0.15) is 21.6 Å². The van der Waals surface area contributed by atoms with Crippen LogP contribution in [0, 0.1) is 6.92 Å². The predicted molar refractivity (Wildman–Crippen MR) is 78.5 cm³/mol. The third-order valence-electron chi connectivity index (χ3n) is 2.60. The van der Waals surface area contributed by atoms with Gasteiger partial charge in [-0.15, -0.1) is 0 Å². The van der Waals surface area contributed by atoms with Gasteiger partial charge in [-0.3, -0.25) is 4.98 Å². The Morgan fingerprint density at radius 2 is 2.06 bits per heavy atom. The molecule has 0 fully saturated rings. The minimum atomic E-state index is 0.284. The quantitative estimate of drug-likeness (QED) is 0.719. The Labute approximate surface area is 119 Å². The summed E-state index contributed by atoms with van der Waals surface area (Å²) in [5, 5.41) is 0. The number of alkyl halides is 1. The molecule has 0 spiro atoms. The fourth-order valence-electron chi connectivity index (χ4n) is 1.72. The van der Waals surface area contributed by atoms with Crippen molar-refractivity contribution in [2.75, 3.05) is 0 Å². The molecular formula is C14H13Br2N. The molecule has 0 aliphatic heterocycles. The van der Waals surface area contributed by atoms with E-state index in [9.17, 15) is 0 Å². The molecule has 17 heavy (non-hydrogen) atoms. The van der Waals surface area contributed by atoms with E-state index in [1.54, 1.807) is 0 Å². The standard InChI is InChI=1S/C14H13Br2N/c1-10-5-6-13(15)12(8-10)14(16)9-11-4-2-3-7-17-11/h2-8,14H,9H2,1H3. The molecule has 0 N–H and O–H groups in total. The van der Waals surface area contributed by atoms with Crippen LogP contribution < -0.4 is 0 Å². The van der Waals surface area contributed by atoms with Gasteiger partial charge in [0.1, 0.15) is 0 Å². The highest BCUT2D eigenvalue weighted by Gasteiger charge is 2.12.